The van der Waals surface area contributed by atoms with Crippen LogP contribution < -0.4 is 5.32 Å². The van der Waals surface area contributed by atoms with E-state index >= 15 is 0 Å². The van der Waals surface area contributed by atoms with E-state index < -0.39 is 18.2 Å². The Morgan fingerprint density at radius 1 is 0.441 bits per heavy atom. The average molecular weight is 943 g/mol. The molecule has 0 bridgehead atoms. The van der Waals surface area contributed by atoms with E-state index in [1.165, 1.54) is 83.5 Å². The van der Waals surface area contributed by atoms with Crippen molar-refractivity contribution in [1.29, 1.82) is 0 Å². The molecule has 386 valence electrons. The molecule has 0 aliphatic rings. The molecule has 0 rings (SSSR count). The van der Waals surface area contributed by atoms with Crippen LogP contribution in [0, 0.1) is 0 Å². The first-order valence-electron chi connectivity index (χ1n) is 27.8. The number of hydrogen-bond acceptors (Lipinski definition) is 5. The summed E-state index contributed by atoms with van der Waals surface area (Å²) in [6.07, 6.45) is 75.6. The van der Waals surface area contributed by atoms with Gasteiger partial charge in [0, 0.05) is 6.42 Å². The summed E-state index contributed by atoms with van der Waals surface area (Å²) in [6.45, 7) is 6.23. The lowest BCUT2D eigenvalue weighted by Gasteiger charge is -2.24. The molecule has 0 saturated carbocycles. The van der Waals surface area contributed by atoms with Crippen molar-refractivity contribution in [2.24, 2.45) is 0 Å². The second-order valence-corrected chi connectivity index (χ2v) is 18.2. The molecule has 0 aromatic carbocycles. The van der Waals surface area contributed by atoms with Crippen LogP contribution in [0.3, 0.4) is 0 Å². The van der Waals surface area contributed by atoms with Crippen LogP contribution in [0.4, 0.5) is 0 Å². The number of allylic oxidation sites excluding steroid dienone is 20. The largest absolute Gasteiger partial charge is 0.462 e. The van der Waals surface area contributed by atoms with E-state index in [9.17, 15) is 19.8 Å². The Labute approximate surface area is 419 Å². The minimum Gasteiger partial charge on any atom is -0.462 e. The Bertz CT molecular complexity index is 1430. The van der Waals surface area contributed by atoms with Crippen molar-refractivity contribution < 1.29 is 24.5 Å². The summed E-state index contributed by atoms with van der Waals surface area (Å²) in [5, 5.41) is 23.8. The lowest BCUT2D eigenvalue weighted by Crippen LogP contribution is -2.46. The normalized spacial score (nSPS) is 14.1. The van der Waals surface area contributed by atoms with Crippen molar-refractivity contribution in [2.75, 3.05) is 6.61 Å². The number of esters is 1. The zero-order chi connectivity index (χ0) is 49.5. The molecule has 0 radical (unpaired) electrons. The number of carbonyl (C=O) groups excluding carboxylic acids is 2. The summed E-state index contributed by atoms with van der Waals surface area (Å²) >= 11 is 0. The fourth-order valence-electron chi connectivity index (χ4n) is 7.69. The molecule has 0 aliphatic carbocycles. The number of aliphatic hydroxyl groups excluding tert-OH is 2. The van der Waals surface area contributed by atoms with Crippen LogP contribution in [0.2, 0.25) is 0 Å². The van der Waals surface area contributed by atoms with Gasteiger partial charge < -0.3 is 20.3 Å². The van der Waals surface area contributed by atoms with Crippen molar-refractivity contribution >= 4 is 11.9 Å². The van der Waals surface area contributed by atoms with Gasteiger partial charge in [0.15, 0.2) is 0 Å². The summed E-state index contributed by atoms with van der Waals surface area (Å²) < 4.78 is 5.88. The summed E-state index contributed by atoms with van der Waals surface area (Å²) in [6, 6.07) is -0.744. The zero-order valence-electron chi connectivity index (χ0n) is 43.9. The van der Waals surface area contributed by atoms with Crippen molar-refractivity contribution in [3.05, 3.63) is 122 Å². The fraction of sp³-hybridized carbons (Fsp3) is 0.645. The van der Waals surface area contributed by atoms with Gasteiger partial charge in [0.05, 0.1) is 25.2 Å². The molecule has 3 unspecified atom stereocenters. The maximum Gasteiger partial charge on any atom is 0.306 e. The van der Waals surface area contributed by atoms with E-state index in [0.717, 1.165) is 96.3 Å². The molecule has 6 heteroatoms. The molecule has 0 aromatic heterocycles. The third-order valence-corrected chi connectivity index (χ3v) is 11.8. The van der Waals surface area contributed by atoms with Gasteiger partial charge >= 0.3 is 5.97 Å². The molecule has 0 aliphatic heterocycles. The second kappa shape index (κ2) is 54.2. The highest BCUT2D eigenvalue weighted by Gasteiger charge is 2.24. The number of carbonyl (C=O) groups is 2. The summed E-state index contributed by atoms with van der Waals surface area (Å²) in [5.74, 6) is -0.638. The van der Waals surface area contributed by atoms with E-state index in [1.807, 2.05) is 6.08 Å². The van der Waals surface area contributed by atoms with Crippen LogP contribution in [-0.4, -0.2) is 46.9 Å². The molecule has 0 aromatic rings. The molecule has 6 nitrogen and oxygen atoms in total. The predicted molar refractivity (Wildman–Crippen MR) is 296 cm³/mol. The number of nitrogens with one attached hydrogen (secondary N) is 1. The number of hydrogen-bond donors (Lipinski definition) is 3. The van der Waals surface area contributed by atoms with Crippen LogP contribution in [0.5, 0.6) is 0 Å². The topological polar surface area (TPSA) is 95.9 Å². The van der Waals surface area contributed by atoms with Gasteiger partial charge in [-0.3, -0.25) is 9.59 Å². The Balaban J connectivity index is 4.79. The first kappa shape index (κ1) is 64.3. The van der Waals surface area contributed by atoms with E-state index in [0.29, 0.717) is 19.3 Å². The lowest BCUT2D eigenvalue weighted by atomic mass is 10.0. The fourth-order valence-corrected chi connectivity index (χ4v) is 7.69. The number of amides is 1. The van der Waals surface area contributed by atoms with Gasteiger partial charge in [0.2, 0.25) is 5.91 Å². The Kier molecular flexibility index (Phi) is 51.2. The molecule has 3 N–H and O–H groups in total. The summed E-state index contributed by atoms with van der Waals surface area (Å²) in [4.78, 5) is 26.2. The maximum absolute atomic E-state index is 13.2. The Morgan fingerprint density at radius 3 is 1.18 bits per heavy atom. The zero-order valence-corrected chi connectivity index (χ0v) is 43.9. The van der Waals surface area contributed by atoms with Gasteiger partial charge in [-0.15, -0.1) is 0 Å². The molecule has 0 fully saturated rings. The van der Waals surface area contributed by atoms with Crippen LogP contribution in [0.1, 0.15) is 233 Å². The molecule has 1 amide bonds. The first-order valence-corrected chi connectivity index (χ1v) is 27.8. The monoisotopic (exact) mass is 942 g/mol. The Morgan fingerprint density at radius 2 is 0.794 bits per heavy atom. The predicted octanol–water partition coefficient (Wildman–Crippen LogP) is 17.2. The van der Waals surface area contributed by atoms with Crippen LogP contribution >= 0.6 is 0 Å². The van der Waals surface area contributed by atoms with Gasteiger partial charge in [-0.25, -0.2) is 0 Å². The maximum atomic E-state index is 13.2. The smallest absolute Gasteiger partial charge is 0.306 e. The molecule has 0 heterocycles. The second-order valence-electron chi connectivity index (χ2n) is 18.2. The first-order chi connectivity index (χ1) is 33.5. The van der Waals surface area contributed by atoms with Crippen molar-refractivity contribution in [1.82, 2.24) is 5.32 Å². The van der Waals surface area contributed by atoms with Crippen molar-refractivity contribution in [3.8, 4) is 0 Å². The van der Waals surface area contributed by atoms with E-state index in [2.05, 4.69) is 142 Å². The minimum atomic E-state index is -0.824. The average Bonchev–Trinajstić information content (AvgIpc) is 3.33. The SMILES string of the molecule is CC/C=C\C/C=C\C/C=C\C/C=C\C/C=C\CCCC(CC(=O)NC(CO)C(O)CCCCCCCCCCCCCCCCCC)OC(=O)CC/C=C/C/C=C/C/C=C/C/C=C/C/C=C/CC. The third-order valence-electron chi connectivity index (χ3n) is 11.8. The number of rotatable bonds is 48. The van der Waals surface area contributed by atoms with Crippen LogP contribution in [0.15, 0.2) is 122 Å². The molecular weight excluding hydrogens is 839 g/mol. The number of unbranched alkanes of at least 4 members (excludes halogenated alkanes) is 16. The molecule has 68 heavy (non-hydrogen) atoms. The van der Waals surface area contributed by atoms with Crippen LogP contribution in [0.25, 0.3) is 0 Å². The van der Waals surface area contributed by atoms with E-state index in [-0.39, 0.29) is 31.3 Å². The summed E-state index contributed by atoms with van der Waals surface area (Å²) in [5.41, 5.74) is 0. The van der Waals surface area contributed by atoms with Gasteiger partial charge in [0.1, 0.15) is 6.10 Å². The van der Waals surface area contributed by atoms with Crippen molar-refractivity contribution in [3.63, 3.8) is 0 Å². The van der Waals surface area contributed by atoms with E-state index in [1.54, 1.807) is 0 Å². The third kappa shape index (κ3) is 48.7. The number of ether oxygens (including phenoxy) is 1. The summed E-state index contributed by atoms with van der Waals surface area (Å²) in [7, 11) is 0. The highest BCUT2D eigenvalue weighted by Crippen LogP contribution is 2.16. The molecule has 0 spiro atoms. The Hall–Kier alpha value is -3.74. The van der Waals surface area contributed by atoms with Gasteiger partial charge in [-0.05, 0) is 96.3 Å². The molecule has 3 atom stereocenters. The van der Waals surface area contributed by atoms with Crippen LogP contribution in [-0.2, 0) is 14.3 Å². The van der Waals surface area contributed by atoms with E-state index in [4.69, 9.17) is 4.74 Å². The van der Waals surface area contributed by atoms with Gasteiger partial charge in [-0.1, -0.05) is 245 Å². The molecular formula is C62H103NO5. The lowest BCUT2D eigenvalue weighted by molar-refractivity contribution is -0.150. The minimum absolute atomic E-state index is 0.00133. The van der Waals surface area contributed by atoms with Gasteiger partial charge in [-0.2, -0.15) is 0 Å². The highest BCUT2D eigenvalue weighted by molar-refractivity contribution is 5.77. The van der Waals surface area contributed by atoms with Crippen molar-refractivity contribution in [2.45, 2.75) is 251 Å². The van der Waals surface area contributed by atoms with Gasteiger partial charge in [0.25, 0.3) is 0 Å². The number of aliphatic hydroxyl groups is 2. The quantitative estimate of drug-likeness (QED) is 0.0321. The molecule has 0 saturated heterocycles. The standard InChI is InChI=1S/C62H103NO5/c1-4-7-10-13-16-19-22-25-28-31-32-35-38-41-44-47-50-53-58(68-62(67)55-52-49-46-43-40-37-34-30-27-24-21-18-15-12-9-6-3)56-61(66)63-59(57-64)60(65)54-51-48-45-42-39-36-33-29-26-23-20-17-14-11-8-5-2/h7,9-10,12,16,18-19,21,25,27-28,30,32,35,37,40-41,44,46,49,58-60,64-65H,4-6,8,11,13-15,17,20,22-24,26,29,31,33-34,36,38-39,42-43,45,47-48,50-57H2,1-3H3,(H,63,66)/b10-7-,12-9+,19-16-,21-18+,28-25-,30-27+,35-32-,40-37+,44-41-,49-46+. The highest BCUT2D eigenvalue weighted by atomic mass is 16.5.